The van der Waals surface area contributed by atoms with E-state index in [0.717, 1.165) is 35.8 Å². The Morgan fingerprint density at radius 1 is 1.24 bits per heavy atom. The molecule has 1 N–H and O–H groups in total. The Bertz CT molecular complexity index is 737. The number of nitrogens with zero attached hydrogens (tertiary/aromatic N) is 3. The molecule has 0 radical (unpaired) electrons. The van der Waals surface area contributed by atoms with Gasteiger partial charge in [0.1, 0.15) is 4.34 Å². The molecular weight excluding hydrogens is 379 g/mol. The highest BCUT2D eigenvalue weighted by molar-refractivity contribution is 7.19. The highest BCUT2D eigenvalue weighted by Crippen LogP contribution is 2.25. The first kappa shape index (κ1) is 19.8. The second-order valence-corrected chi connectivity index (χ2v) is 7.73. The van der Waals surface area contributed by atoms with Gasteiger partial charge in [-0.15, -0.1) is 0 Å². The summed E-state index contributed by atoms with van der Waals surface area (Å²) in [6.45, 7) is 5.01. The predicted molar refractivity (Wildman–Crippen MR) is 107 cm³/mol. The highest BCUT2D eigenvalue weighted by atomic mass is 35.5. The average molecular weight is 401 g/mol. The van der Waals surface area contributed by atoms with E-state index < -0.39 is 0 Å². The third-order valence-corrected chi connectivity index (χ3v) is 5.43. The Morgan fingerprint density at radius 3 is 2.72 bits per heavy atom. The number of hydrogen-bond acceptors (Lipinski definition) is 4. The Kier molecular flexibility index (Phi) is 6.93. The smallest absolute Gasteiger partial charge is 0.323 e. The van der Waals surface area contributed by atoms with E-state index in [4.69, 9.17) is 23.2 Å². The molecule has 0 bridgehead atoms. The molecule has 1 aliphatic rings. The molecule has 1 aliphatic heterocycles. The van der Waals surface area contributed by atoms with Gasteiger partial charge < -0.3 is 9.80 Å². The molecule has 5 nitrogen and oxygen atoms in total. The number of aromatic nitrogens is 1. The largest absolute Gasteiger partial charge is 0.370 e. The van der Waals surface area contributed by atoms with Crippen LogP contribution in [0.1, 0.15) is 19.4 Å². The van der Waals surface area contributed by atoms with Crippen molar-refractivity contribution < 1.29 is 4.79 Å². The van der Waals surface area contributed by atoms with E-state index in [1.807, 2.05) is 24.0 Å². The number of anilines is 2. The molecule has 2 amide bonds. The number of carbonyl (C=O) groups excluding carboxylic acids is 1. The number of urea groups is 1. The molecule has 8 heteroatoms. The van der Waals surface area contributed by atoms with Gasteiger partial charge in [0, 0.05) is 36.9 Å². The second-order valence-electron chi connectivity index (χ2n) is 5.66. The van der Waals surface area contributed by atoms with Crippen LogP contribution in [0.5, 0.6) is 0 Å². The third kappa shape index (κ3) is 5.00. The minimum absolute atomic E-state index is 0. The molecule has 0 saturated carbocycles. The van der Waals surface area contributed by atoms with Crippen LogP contribution in [-0.2, 0) is 0 Å². The van der Waals surface area contributed by atoms with E-state index in [2.05, 4.69) is 21.3 Å². The van der Waals surface area contributed by atoms with Crippen LogP contribution >= 0.6 is 34.5 Å². The molecule has 0 unspecified atom stereocenters. The summed E-state index contributed by atoms with van der Waals surface area (Å²) in [7, 11) is 0. The predicted octanol–water partition coefficient (Wildman–Crippen LogP) is 5.14. The fraction of sp³-hybridized carbons (Fsp3) is 0.412. The monoisotopic (exact) mass is 400 g/mol. The lowest BCUT2D eigenvalue weighted by molar-refractivity contribution is 0.215. The Hall–Kier alpha value is -1.50. The maximum atomic E-state index is 12.4. The highest BCUT2D eigenvalue weighted by Gasteiger charge is 2.20. The van der Waals surface area contributed by atoms with E-state index in [1.54, 1.807) is 0 Å². The summed E-state index contributed by atoms with van der Waals surface area (Å²) in [4.78, 5) is 20.5. The number of halogens is 2. The summed E-state index contributed by atoms with van der Waals surface area (Å²) in [5.74, 6) is 0. The van der Waals surface area contributed by atoms with Gasteiger partial charge in [0.25, 0.3) is 0 Å². The van der Waals surface area contributed by atoms with Crippen LogP contribution in [-0.4, -0.2) is 42.1 Å². The van der Waals surface area contributed by atoms with Crippen molar-refractivity contribution in [3.8, 4) is 0 Å². The van der Waals surface area contributed by atoms with Gasteiger partial charge in [-0.3, -0.25) is 5.32 Å². The first-order valence-electron chi connectivity index (χ1n) is 7.71. The summed E-state index contributed by atoms with van der Waals surface area (Å²) < 4.78 is 0.559. The zero-order valence-corrected chi connectivity index (χ0v) is 15.6. The second kappa shape index (κ2) is 8.74. The Balaban J connectivity index is 0.00000225. The minimum atomic E-state index is -0.134. The average Bonchev–Trinajstić information content (AvgIpc) is 2.82. The van der Waals surface area contributed by atoms with Crippen LogP contribution in [0.2, 0.25) is 9.36 Å². The van der Waals surface area contributed by atoms with Crippen LogP contribution in [0.25, 0.3) is 0 Å². The molecule has 0 aliphatic carbocycles. The van der Waals surface area contributed by atoms with E-state index in [9.17, 15) is 4.79 Å². The summed E-state index contributed by atoms with van der Waals surface area (Å²) in [6, 6.07) is 5.96. The van der Waals surface area contributed by atoms with Crippen molar-refractivity contribution in [1.29, 1.82) is 0 Å². The molecule has 1 aromatic heterocycles. The molecule has 1 fully saturated rings. The standard InChI is InChI=1S/C16H18Cl2N4OS.CH4/c1-11-3-4-12(9-13(11)17)21-5-2-6-22(8-7-21)16(23)20-15-19-10-14(18)24-15;/h3-4,9-10H,2,5-8H2,1H3,(H,19,20,23);1H4. The lowest BCUT2D eigenvalue weighted by Crippen LogP contribution is -2.38. The van der Waals surface area contributed by atoms with Gasteiger partial charge in [0.05, 0.1) is 6.20 Å². The maximum absolute atomic E-state index is 12.4. The molecule has 1 aromatic carbocycles. The number of thiazole rings is 1. The fourth-order valence-electron chi connectivity index (χ4n) is 2.64. The molecule has 1 saturated heterocycles. The normalized spacial score (nSPS) is 14.7. The number of amides is 2. The van der Waals surface area contributed by atoms with E-state index >= 15 is 0 Å². The molecule has 25 heavy (non-hydrogen) atoms. The number of rotatable bonds is 2. The van der Waals surface area contributed by atoms with Gasteiger partial charge in [0.15, 0.2) is 5.13 Å². The van der Waals surface area contributed by atoms with Gasteiger partial charge in [0.2, 0.25) is 0 Å². The van der Waals surface area contributed by atoms with Gasteiger partial charge in [-0.05, 0) is 31.0 Å². The number of benzene rings is 1. The van der Waals surface area contributed by atoms with Crippen molar-refractivity contribution in [2.24, 2.45) is 0 Å². The maximum Gasteiger partial charge on any atom is 0.323 e. The first-order chi connectivity index (χ1) is 11.5. The van der Waals surface area contributed by atoms with Gasteiger partial charge in [-0.25, -0.2) is 9.78 Å². The molecular formula is C17H22Cl2N4OS. The van der Waals surface area contributed by atoms with Crippen molar-refractivity contribution in [3.63, 3.8) is 0 Å². The van der Waals surface area contributed by atoms with Crippen LogP contribution < -0.4 is 10.2 Å². The van der Waals surface area contributed by atoms with Gasteiger partial charge >= 0.3 is 6.03 Å². The Morgan fingerprint density at radius 2 is 2.04 bits per heavy atom. The van der Waals surface area contributed by atoms with Crippen molar-refractivity contribution in [1.82, 2.24) is 9.88 Å². The van der Waals surface area contributed by atoms with Gasteiger partial charge in [-0.1, -0.05) is 48.0 Å². The van der Waals surface area contributed by atoms with Crippen molar-refractivity contribution >= 4 is 51.4 Å². The molecule has 0 atom stereocenters. The quantitative estimate of drug-likeness (QED) is 0.758. The van der Waals surface area contributed by atoms with Crippen LogP contribution in [0.15, 0.2) is 24.4 Å². The SMILES string of the molecule is C.Cc1ccc(N2CCCN(C(=O)Nc3ncc(Cl)s3)CC2)cc1Cl. The topological polar surface area (TPSA) is 48.5 Å². The molecule has 0 spiro atoms. The summed E-state index contributed by atoms with van der Waals surface area (Å²) in [5, 5.41) is 4.10. The third-order valence-electron chi connectivity index (χ3n) is 4.00. The molecule has 2 heterocycles. The first-order valence-corrected chi connectivity index (χ1v) is 9.28. The fourth-order valence-corrected chi connectivity index (χ4v) is 3.62. The molecule has 2 aromatic rings. The van der Waals surface area contributed by atoms with Crippen LogP contribution in [0, 0.1) is 6.92 Å². The van der Waals surface area contributed by atoms with E-state index in [1.165, 1.54) is 17.5 Å². The number of carbonyl (C=O) groups is 1. The van der Waals surface area contributed by atoms with Gasteiger partial charge in [-0.2, -0.15) is 0 Å². The minimum Gasteiger partial charge on any atom is -0.370 e. The van der Waals surface area contributed by atoms with Crippen molar-refractivity contribution in [2.75, 3.05) is 36.4 Å². The lowest BCUT2D eigenvalue weighted by Gasteiger charge is -2.24. The summed E-state index contributed by atoms with van der Waals surface area (Å²) in [6.07, 6.45) is 2.44. The lowest BCUT2D eigenvalue weighted by atomic mass is 10.2. The summed E-state index contributed by atoms with van der Waals surface area (Å²) >= 11 is 13.3. The number of nitrogens with one attached hydrogen (secondary N) is 1. The molecule has 136 valence electrons. The number of aryl methyl sites for hydroxylation is 1. The van der Waals surface area contributed by atoms with Crippen LogP contribution in [0.4, 0.5) is 15.6 Å². The molecule has 3 rings (SSSR count). The van der Waals surface area contributed by atoms with Crippen molar-refractivity contribution in [3.05, 3.63) is 39.3 Å². The summed E-state index contributed by atoms with van der Waals surface area (Å²) in [5.41, 5.74) is 2.16. The number of hydrogen-bond donors (Lipinski definition) is 1. The van der Waals surface area contributed by atoms with E-state index in [0.29, 0.717) is 22.6 Å². The van der Waals surface area contributed by atoms with Crippen molar-refractivity contribution in [2.45, 2.75) is 20.8 Å². The zero-order chi connectivity index (χ0) is 17.1. The van der Waals surface area contributed by atoms with Crippen LogP contribution in [0.3, 0.4) is 0 Å². The van der Waals surface area contributed by atoms with E-state index in [-0.39, 0.29) is 13.5 Å². The Labute approximate surface area is 162 Å². The zero-order valence-electron chi connectivity index (χ0n) is 13.3.